The second-order valence-electron chi connectivity index (χ2n) is 6.26. The Morgan fingerprint density at radius 2 is 1.70 bits per heavy atom. The summed E-state index contributed by atoms with van der Waals surface area (Å²) in [7, 11) is 0. The predicted molar refractivity (Wildman–Crippen MR) is 91.7 cm³/mol. The maximum absolute atomic E-state index is 12.4. The summed E-state index contributed by atoms with van der Waals surface area (Å²) in [5, 5.41) is 3.14. The minimum Gasteiger partial charge on any atom is -0.381 e. The SMILES string of the molecule is Cc1ccccc1C1(CNC(=O)c2ccccc2)CCOCC1. The highest BCUT2D eigenvalue weighted by atomic mass is 16.5. The summed E-state index contributed by atoms with van der Waals surface area (Å²) in [5.41, 5.74) is 3.29. The molecule has 120 valence electrons. The Kier molecular flexibility index (Phi) is 4.77. The van der Waals surface area contributed by atoms with Crippen molar-refractivity contribution in [3.05, 3.63) is 71.3 Å². The largest absolute Gasteiger partial charge is 0.381 e. The molecule has 0 aliphatic carbocycles. The van der Waals surface area contributed by atoms with Gasteiger partial charge in [-0.25, -0.2) is 0 Å². The average Bonchev–Trinajstić information content (AvgIpc) is 2.61. The van der Waals surface area contributed by atoms with E-state index in [1.54, 1.807) is 0 Å². The van der Waals surface area contributed by atoms with Crippen LogP contribution in [0.5, 0.6) is 0 Å². The fourth-order valence-corrected chi connectivity index (χ4v) is 3.41. The van der Waals surface area contributed by atoms with E-state index in [1.165, 1.54) is 11.1 Å². The molecule has 3 heteroatoms. The van der Waals surface area contributed by atoms with Crippen molar-refractivity contribution in [1.82, 2.24) is 5.32 Å². The highest BCUT2D eigenvalue weighted by molar-refractivity contribution is 5.94. The van der Waals surface area contributed by atoms with Crippen LogP contribution < -0.4 is 5.32 Å². The van der Waals surface area contributed by atoms with Gasteiger partial charge >= 0.3 is 0 Å². The number of carbonyl (C=O) groups is 1. The highest BCUT2D eigenvalue weighted by Gasteiger charge is 2.35. The number of benzene rings is 2. The molecule has 0 saturated carbocycles. The van der Waals surface area contributed by atoms with Crippen LogP contribution in [0.15, 0.2) is 54.6 Å². The third-order valence-corrected chi connectivity index (χ3v) is 4.79. The summed E-state index contributed by atoms with van der Waals surface area (Å²) in [6, 6.07) is 17.9. The standard InChI is InChI=1S/C20H23NO2/c1-16-7-5-6-10-18(16)20(11-13-23-14-12-20)15-21-19(22)17-8-3-2-4-9-17/h2-10H,11-15H2,1H3,(H,21,22). The lowest BCUT2D eigenvalue weighted by atomic mass is 9.72. The second-order valence-corrected chi connectivity index (χ2v) is 6.26. The summed E-state index contributed by atoms with van der Waals surface area (Å²) >= 11 is 0. The maximum Gasteiger partial charge on any atom is 0.251 e. The number of amides is 1. The molecular formula is C20H23NO2. The first-order valence-corrected chi connectivity index (χ1v) is 8.18. The maximum atomic E-state index is 12.4. The molecule has 23 heavy (non-hydrogen) atoms. The van der Waals surface area contributed by atoms with E-state index in [0.29, 0.717) is 12.1 Å². The van der Waals surface area contributed by atoms with Crippen LogP contribution in [0.4, 0.5) is 0 Å². The Bertz CT molecular complexity index is 660. The monoisotopic (exact) mass is 309 g/mol. The molecule has 1 fully saturated rings. The van der Waals surface area contributed by atoms with Crippen molar-refractivity contribution < 1.29 is 9.53 Å². The fraction of sp³-hybridized carbons (Fsp3) is 0.350. The van der Waals surface area contributed by atoms with E-state index in [2.05, 4.69) is 36.5 Å². The van der Waals surface area contributed by atoms with E-state index in [4.69, 9.17) is 4.74 Å². The van der Waals surface area contributed by atoms with Crippen molar-refractivity contribution in [3.8, 4) is 0 Å². The Morgan fingerprint density at radius 1 is 1.04 bits per heavy atom. The van der Waals surface area contributed by atoms with Gasteiger partial charge < -0.3 is 10.1 Å². The molecule has 1 N–H and O–H groups in total. The minimum absolute atomic E-state index is 0.00921. The van der Waals surface area contributed by atoms with E-state index in [0.717, 1.165) is 26.1 Å². The molecule has 0 atom stereocenters. The summed E-state index contributed by atoms with van der Waals surface area (Å²) in [6.45, 7) is 4.28. The number of nitrogens with one attached hydrogen (secondary N) is 1. The van der Waals surface area contributed by atoms with Gasteiger partial charge in [0.05, 0.1) is 0 Å². The third-order valence-electron chi connectivity index (χ3n) is 4.79. The molecule has 0 bridgehead atoms. The van der Waals surface area contributed by atoms with Crippen molar-refractivity contribution in [2.45, 2.75) is 25.2 Å². The zero-order valence-corrected chi connectivity index (χ0v) is 13.5. The van der Waals surface area contributed by atoms with Crippen molar-refractivity contribution in [1.29, 1.82) is 0 Å². The van der Waals surface area contributed by atoms with E-state index in [9.17, 15) is 4.79 Å². The fourth-order valence-electron chi connectivity index (χ4n) is 3.41. The molecule has 1 amide bonds. The molecule has 0 radical (unpaired) electrons. The third kappa shape index (κ3) is 3.45. The summed E-state index contributed by atoms with van der Waals surface area (Å²) in [4.78, 5) is 12.4. The molecule has 0 unspecified atom stereocenters. The van der Waals surface area contributed by atoms with E-state index >= 15 is 0 Å². The second kappa shape index (κ2) is 6.97. The zero-order valence-electron chi connectivity index (χ0n) is 13.5. The van der Waals surface area contributed by atoms with Crippen LogP contribution >= 0.6 is 0 Å². The van der Waals surface area contributed by atoms with Crippen LogP contribution in [-0.2, 0) is 10.2 Å². The van der Waals surface area contributed by atoms with Crippen LogP contribution in [-0.4, -0.2) is 25.7 Å². The number of hydrogen-bond acceptors (Lipinski definition) is 2. The molecule has 0 aromatic heterocycles. The van der Waals surface area contributed by atoms with Crippen molar-refractivity contribution >= 4 is 5.91 Å². The van der Waals surface area contributed by atoms with Gasteiger partial charge in [-0.1, -0.05) is 42.5 Å². The lowest BCUT2D eigenvalue weighted by molar-refractivity contribution is 0.0485. The minimum atomic E-state index is -0.0337. The van der Waals surface area contributed by atoms with Gasteiger partial charge in [-0.3, -0.25) is 4.79 Å². The van der Waals surface area contributed by atoms with Crippen LogP contribution in [0, 0.1) is 6.92 Å². The zero-order chi connectivity index (χ0) is 16.1. The van der Waals surface area contributed by atoms with Crippen LogP contribution in [0.1, 0.15) is 34.3 Å². The van der Waals surface area contributed by atoms with Gasteiger partial charge in [-0.05, 0) is 43.0 Å². The summed E-state index contributed by atoms with van der Waals surface area (Å²) in [5.74, 6) is -0.00921. The predicted octanol–water partition coefficient (Wildman–Crippen LogP) is 3.47. The lowest BCUT2D eigenvalue weighted by Crippen LogP contribution is -2.45. The van der Waals surface area contributed by atoms with Gasteiger partial charge in [-0.2, -0.15) is 0 Å². The quantitative estimate of drug-likeness (QED) is 0.939. The van der Waals surface area contributed by atoms with Crippen LogP contribution in [0.25, 0.3) is 0 Å². The number of carbonyl (C=O) groups excluding carboxylic acids is 1. The van der Waals surface area contributed by atoms with Gasteiger partial charge in [0.25, 0.3) is 5.91 Å². The highest BCUT2D eigenvalue weighted by Crippen LogP contribution is 2.36. The number of hydrogen-bond donors (Lipinski definition) is 1. The van der Waals surface area contributed by atoms with Crippen molar-refractivity contribution in [2.75, 3.05) is 19.8 Å². The first kappa shape index (κ1) is 15.8. The first-order valence-electron chi connectivity index (χ1n) is 8.18. The summed E-state index contributed by atoms with van der Waals surface area (Å²) < 4.78 is 5.56. The number of rotatable bonds is 4. The van der Waals surface area contributed by atoms with Crippen molar-refractivity contribution in [3.63, 3.8) is 0 Å². The van der Waals surface area contributed by atoms with Gasteiger partial charge in [-0.15, -0.1) is 0 Å². The van der Waals surface area contributed by atoms with E-state index < -0.39 is 0 Å². The lowest BCUT2D eigenvalue weighted by Gasteiger charge is -2.39. The molecule has 1 aliphatic rings. The topological polar surface area (TPSA) is 38.3 Å². The number of ether oxygens (including phenoxy) is 1. The van der Waals surface area contributed by atoms with Gasteiger partial charge in [0.1, 0.15) is 0 Å². The smallest absolute Gasteiger partial charge is 0.251 e. The molecule has 0 spiro atoms. The van der Waals surface area contributed by atoms with Crippen LogP contribution in [0.3, 0.4) is 0 Å². The number of aryl methyl sites for hydroxylation is 1. The van der Waals surface area contributed by atoms with Gasteiger partial charge in [0, 0.05) is 30.7 Å². The van der Waals surface area contributed by atoms with Gasteiger partial charge in [0.2, 0.25) is 0 Å². The Labute approximate surface area is 137 Å². The van der Waals surface area contributed by atoms with Gasteiger partial charge in [0.15, 0.2) is 0 Å². The Morgan fingerprint density at radius 3 is 2.39 bits per heavy atom. The normalized spacial score (nSPS) is 16.7. The van der Waals surface area contributed by atoms with E-state index in [-0.39, 0.29) is 11.3 Å². The Hall–Kier alpha value is -2.13. The molecule has 1 aliphatic heterocycles. The molecule has 2 aromatic carbocycles. The summed E-state index contributed by atoms with van der Waals surface area (Å²) in [6.07, 6.45) is 1.87. The van der Waals surface area contributed by atoms with Crippen LogP contribution in [0.2, 0.25) is 0 Å². The molecule has 3 nitrogen and oxygen atoms in total. The average molecular weight is 309 g/mol. The molecule has 3 rings (SSSR count). The molecule has 1 heterocycles. The molecular weight excluding hydrogens is 286 g/mol. The van der Waals surface area contributed by atoms with Crippen molar-refractivity contribution in [2.24, 2.45) is 0 Å². The first-order chi connectivity index (χ1) is 11.2. The Balaban J connectivity index is 1.80. The molecule has 1 saturated heterocycles. The molecule has 2 aromatic rings. The van der Waals surface area contributed by atoms with E-state index in [1.807, 2.05) is 30.3 Å².